The SMILES string of the molecule is CN=C(NCCCCCOC1CCCCC1)NCCc1cccc(C(=O)NC)c1.I. The van der Waals surface area contributed by atoms with Gasteiger partial charge >= 0.3 is 0 Å². The smallest absolute Gasteiger partial charge is 0.251 e. The summed E-state index contributed by atoms with van der Waals surface area (Å²) >= 11 is 0. The average Bonchev–Trinajstić information content (AvgIpc) is 2.77. The van der Waals surface area contributed by atoms with Crippen molar-refractivity contribution >= 4 is 35.8 Å². The molecule has 0 unspecified atom stereocenters. The predicted molar refractivity (Wildman–Crippen MR) is 135 cm³/mol. The lowest BCUT2D eigenvalue weighted by molar-refractivity contribution is 0.0264. The van der Waals surface area contributed by atoms with Crippen LogP contribution in [-0.2, 0) is 11.2 Å². The third-order valence-corrected chi connectivity index (χ3v) is 5.37. The van der Waals surface area contributed by atoms with Crippen molar-refractivity contribution in [1.82, 2.24) is 16.0 Å². The second-order valence-corrected chi connectivity index (χ2v) is 7.65. The molecule has 3 N–H and O–H groups in total. The summed E-state index contributed by atoms with van der Waals surface area (Å²) in [6.45, 7) is 2.58. The third kappa shape index (κ3) is 10.6. The number of ether oxygens (including phenoxy) is 1. The monoisotopic (exact) mass is 530 g/mol. The number of carbonyl (C=O) groups is 1. The second kappa shape index (κ2) is 16.4. The maximum atomic E-state index is 11.7. The van der Waals surface area contributed by atoms with Gasteiger partial charge in [-0.05, 0) is 56.2 Å². The van der Waals surface area contributed by atoms with E-state index in [0.717, 1.165) is 50.5 Å². The fourth-order valence-corrected chi connectivity index (χ4v) is 3.65. The third-order valence-electron chi connectivity index (χ3n) is 5.37. The molecule has 0 heterocycles. The Morgan fingerprint density at radius 3 is 2.60 bits per heavy atom. The van der Waals surface area contributed by atoms with Gasteiger partial charge < -0.3 is 20.7 Å². The van der Waals surface area contributed by atoms with Crippen LogP contribution >= 0.6 is 24.0 Å². The number of benzene rings is 1. The van der Waals surface area contributed by atoms with Crippen LogP contribution in [0.15, 0.2) is 29.3 Å². The highest BCUT2D eigenvalue weighted by atomic mass is 127. The molecule has 1 fully saturated rings. The van der Waals surface area contributed by atoms with E-state index in [9.17, 15) is 4.79 Å². The number of amides is 1. The molecule has 0 atom stereocenters. The first-order valence-corrected chi connectivity index (χ1v) is 11.1. The molecule has 0 bridgehead atoms. The number of nitrogens with one attached hydrogen (secondary N) is 3. The highest BCUT2D eigenvalue weighted by Gasteiger charge is 2.12. The van der Waals surface area contributed by atoms with Gasteiger partial charge in [-0.25, -0.2) is 0 Å². The molecule has 0 saturated heterocycles. The van der Waals surface area contributed by atoms with Crippen LogP contribution in [0.1, 0.15) is 67.3 Å². The molecule has 0 aliphatic heterocycles. The van der Waals surface area contributed by atoms with E-state index in [1.54, 1.807) is 14.1 Å². The minimum atomic E-state index is -0.0542. The van der Waals surface area contributed by atoms with Gasteiger partial charge in [0.15, 0.2) is 5.96 Å². The van der Waals surface area contributed by atoms with Crippen molar-refractivity contribution in [2.75, 3.05) is 33.8 Å². The lowest BCUT2D eigenvalue weighted by Gasteiger charge is -2.21. The molecule has 0 radical (unpaired) electrons. The molecule has 1 aromatic rings. The number of guanidine groups is 1. The lowest BCUT2D eigenvalue weighted by Crippen LogP contribution is -2.38. The minimum absolute atomic E-state index is 0. The number of carbonyl (C=O) groups excluding carboxylic acids is 1. The van der Waals surface area contributed by atoms with Crippen molar-refractivity contribution < 1.29 is 9.53 Å². The zero-order valence-corrected chi connectivity index (χ0v) is 20.9. The Hall–Kier alpha value is -1.35. The van der Waals surface area contributed by atoms with Crippen molar-refractivity contribution in [3.8, 4) is 0 Å². The van der Waals surface area contributed by atoms with E-state index in [1.807, 2.05) is 24.3 Å². The Morgan fingerprint density at radius 1 is 1.10 bits per heavy atom. The van der Waals surface area contributed by atoms with E-state index >= 15 is 0 Å². The van der Waals surface area contributed by atoms with Crippen molar-refractivity contribution in [2.24, 2.45) is 4.99 Å². The first-order chi connectivity index (χ1) is 14.2. The second-order valence-electron chi connectivity index (χ2n) is 7.65. The Bertz CT molecular complexity index is 633. The molecule has 7 heteroatoms. The molecule has 2 rings (SSSR count). The van der Waals surface area contributed by atoms with Gasteiger partial charge in [0.25, 0.3) is 5.91 Å². The molecule has 6 nitrogen and oxygen atoms in total. The van der Waals surface area contributed by atoms with Gasteiger partial charge in [0.2, 0.25) is 0 Å². The Kier molecular flexibility index (Phi) is 14.5. The number of hydrogen-bond donors (Lipinski definition) is 3. The van der Waals surface area contributed by atoms with E-state index in [1.165, 1.54) is 38.5 Å². The van der Waals surface area contributed by atoms with Gasteiger partial charge in [0, 0.05) is 39.4 Å². The van der Waals surface area contributed by atoms with Gasteiger partial charge in [0.1, 0.15) is 0 Å². The van der Waals surface area contributed by atoms with Crippen molar-refractivity contribution in [3.05, 3.63) is 35.4 Å². The van der Waals surface area contributed by atoms with Crippen LogP contribution in [0.5, 0.6) is 0 Å². The average molecular weight is 530 g/mol. The van der Waals surface area contributed by atoms with Crippen molar-refractivity contribution in [3.63, 3.8) is 0 Å². The Morgan fingerprint density at radius 2 is 1.87 bits per heavy atom. The molecular weight excluding hydrogens is 491 g/mol. The van der Waals surface area contributed by atoms with Crippen LogP contribution in [0.4, 0.5) is 0 Å². The molecule has 0 aromatic heterocycles. The molecular formula is C23H39IN4O2. The molecule has 1 aromatic carbocycles. The summed E-state index contributed by atoms with van der Waals surface area (Å²) < 4.78 is 5.98. The van der Waals surface area contributed by atoms with Crippen molar-refractivity contribution in [1.29, 1.82) is 0 Å². The van der Waals surface area contributed by atoms with E-state index < -0.39 is 0 Å². The molecule has 170 valence electrons. The maximum Gasteiger partial charge on any atom is 0.251 e. The zero-order valence-electron chi connectivity index (χ0n) is 18.5. The van der Waals surface area contributed by atoms with Gasteiger partial charge in [0.05, 0.1) is 6.10 Å². The maximum absolute atomic E-state index is 11.7. The zero-order chi connectivity index (χ0) is 20.7. The van der Waals surface area contributed by atoms with Crippen LogP contribution in [0, 0.1) is 0 Å². The number of hydrogen-bond acceptors (Lipinski definition) is 3. The number of unbranched alkanes of at least 4 members (excludes halogenated alkanes) is 2. The normalized spacial score (nSPS) is 14.7. The summed E-state index contributed by atoms with van der Waals surface area (Å²) in [7, 11) is 3.44. The van der Waals surface area contributed by atoms with E-state index in [-0.39, 0.29) is 29.9 Å². The van der Waals surface area contributed by atoms with Crippen LogP contribution in [0.25, 0.3) is 0 Å². The summed E-state index contributed by atoms with van der Waals surface area (Å²) in [5.74, 6) is 0.771. The summed E-state index contributed by atoms with van der Waals surface area (Å²) in [6.07, 6.45) is 11.3. The fourth-order valence-electron chi connectivity index (χ4n) is 3.65. The first-order valence-electron chi connectivity index (χ1n) is 11.1. The molecule has 0 spiro atoms. The first kappa shape index (κ1) is 26.7. The predicted octanol–water partition coefficient (Wildman–Crippen LogP) is 3.89. The van der Waals surface area contributed by atoms with E-state index in [0.29, 0.717) is 11.7 Å². The number of halogens is 1. The van der Waals surface area contributed by atoms with E-state index in [4.69, 9.17) is 4.74 Å². The topological polar surface area (TPSA) is 74.8 Å². The van der Waals surface area contributed by atoms with Crippen LogP contribution in [-0.4, -0.2) is 51.8 Å². The highest BCUT2D eigenvalue weighted by Crippen LogP contribution is 2.20. The quantitative estimate of drug-likeness (QED) is 0.176. The van der Waals surface area contributed by atoms with E-state index in [2.05, 4.69) is 20.9 Å². The van der Waals surface area contributed by atoms with Crippen LogP contribution < -0.4 is 16.0 Å². The molecule has 1 aliphatic carbocycles. The van der Waals surface area contributed by atoms with Gasteiger partial charge in [-0.1, -0.05) is 31.4 Å². The minimum Gasteiger partial charge on any atom is -0.378 e. The Balaban J connectivity index is 0.00000450. The van der Waals surface area contributed by atoms with Gasteiger partial charge in [-0.15, -0.1) is 24.0 Å². The number of aliphatic imine (C=N–C) groups is 1. The number of rotatable bonds is 11. The largest absolute Gasteiger partial charge is 0.378 e. The molecule has 1 aliphatic rings. The summed E-state index contributed by atoms with van der Waals surface area (Å²) in [5.41, 5.74) is 1.83. The molecule has 1 amide bonds. The highest BCUT2D eigenvalue weighted by molar-refractivity contribution is 14.0. The fraction of sp³-hybridized carbons (Fsp3) is 0.652. The summed E-state index contributed by atoms with van der Waals surface area (Å²) in [4.78, 5) is 16.0. The summed E-state index contributed by atoms with van der Waals surface area (Å²) in [5, 5.41) is 9.37. The standard InChI is InChI=1S/C23H38N4O2.HI/c1-24-22(28)20-11-9-10-19(18-20)14-16-27-23(25-2)26-15-7-4-8-17-29-21-12-5-3-6-13-21;/h9-11,18,21H,3-8,12-17H2,1-2H3,(H,24,28)(H2,25,26,27);1H. The molecule has 1 saturated carbocycles. The number of nitrogens with zero attached hydrogens (tertiary/aromatic N) is 1. The van der Waals surface area contributed by atoms with Gasteiger partial charge in [-0.2, -0.15) is 0 Å². The summed E-state index contributed by atoms with van der Waals surface area (Å²) in [6, 6.07) is 7.73. The lowest BCUT2D eigenvalue weighted by atomic mass is 9.98. The van der Waals surface area contributed by atoms with Crippen LogP contribution in [0.2, 0.25) is 0 Å². The van der Waals surface area contributed by atoms with Gasteiger partial charge in [-0.3, -0.25) is 9.79 Å². The van der Waals surface area contributed by atoms with Crippen molar-refractivity contribution in [2.45, 2.75) is 63.9 Å². The van der Waals surface area contributed by atoms with Crippen LogP contribution in [0.3, 0.4) is 0 Å². The molecule has 30 heavy (non-hydrogen) atoms. The Labute approximate surface area is 199 Å².